The third kappa shape index (κ3) is 2.87. The molecule has 4 aromatic rings. The molecule has 0 radical (unpaired) electrons. The van der Waals surface area contributed by atoms with E-state index in [1.165, 1.54) is 0 Å². The second kappa shape index (κ2) is 6.78. The Balaban J connectivity index is 1.57. The number of rotatable bonds is 3. The van der Waals surface area contributed by atoms with Crippen molar-refractivity contribution in [2.75, 3.05) is 4.90 Å². The molecule has 0 unspecified atom stereocenters. The Morgan fingerprint density at radius 3 is 2.50 bits per heavy atom. The van der Waals surface area contributed by atoms with Gasteiger partial charge in [0.05, 0.1) is 17.7 Å². The maximum Gasteiger partial charge on any atom is 0.259 e. The highest BCUT2D eigenvalue weighted by molar-refractivity contribution is 6.35. The average Bonchev–Trinajstić information content (AvgIpc) is 3.00. The van der Waals surface area contributed by atoms with E-state index in [1.54, 1.807) is 0 Å². The summed E-state index contributed by atoms with van der Waals surface area (Å²) in [4.78, 5) is 19.6. The number of hydrogen-bond donors (Lipinski definition) is 0. The summed E-state index contributed by atoms with van der Waals surface area (Å²) in [6.07, 6.45) is 3.77. The molecule has 0 atom stereocenters. The zero-order chi connectivity index (χ0) is 18.9. The van der Waals surface area contributed by atoms with E-state index in [-0.39, 0.29) is 5.91 Å². The number of pyridine rings is 1. The summed E-state index contributed by atoms with van der Waals surface area (Å²) < 4.78 is 0. The van der Waals surface area contributed by atoms with Crippen LogP contribution in [0.15, 0.2) is 91.1 Å². The lowest BCUT2D eigenvalue weighted by atomic mass is 10.0. The van der Waals surface area contributed by atoms with Crippen LogP contribution in [0.5, 0.6) is 0 Å². The van der Waals surface area contributed by atoms with Gasteiger partial charge in [0, 0.05) is 22.7 Å². The number of benzene rings is 3. The van der Waals surface area contributed by atoms with Crippen molar-refractivity contribution >= 4 is 34.1 Å². The summed E-state index contributed by atoms with van der Waals surface area (Å²) in [5.41, 5.74) is 5.63. The summed E-state index contributed by atoms with van der Waals surface area (Å²) in [7, 11) is 0. The van der Waals surface area contributed by atoms with E-state index in [9.17, 15) is 4.79 Å². The molecule has 3 heteroatoms. The van der Waals surface area contributed by atoms with Crippen molar-refractivity contribution in [2.45, 2.75) is 6.54 Å². The predicted molar refractivity (Wildman–Crippen MR) is 114 cm³/mol. The average molecular weight is 362 g/mol. The molecular weight excluding hydrogens is 344 g/mol. The van der Waals surface area contributed by atoms with Crippen LogP contribution < -0.4 is 4.90 Å². The Bertz CT molecular complexity index is 1210. The number of carbonyl (C=O) groups excluding carboxylic acids is 1. The first-order valence-corrected chi connectivity index (χ1v) is 9.31. The van der Waals surface area contributed by atoms with Gasteiger partial charge in [0.2, 0.25) is 0 Å². The van der Waals surface area contributed by atoms with Crippen LogP contribution in [0.4, 0.5) is 5.69 Å². The molecular formula is C25H18N2O. The molecule has 0 saturated heterocycles. The lowest BCUT2D eigenvalue weighted by Crippen LogP contribution is -2.25. The van der Waals surface area contributed by atoms with Crippen LogP contribution in [-0.4, -0.2) is 10.9 Å². The predicted octanol–water partition coefficient (Wildman–Crippen LogP) is 5.32. The van der Waals surface area contributed by atoms with E-state index in [1.807, 2.05) is 96.0 Å². The van der Waals surface area contributed by atoms with Gasteiger partial charge in [0.1, 0.15) is 0 Å². The molecule has 0 fully saturated rings. The minimum Gasteiger partial charge on any atom is -0.303 e. The van der Waals surface area contributed by atoms with E-state index < -0.39 is 0 Å². The maximum absolute atomic E-state index is 13.3. The first-order chi connectivity index (χ1) is 13.8. The van der Waals surface area contributed by atoms with Crippen molar-refractivity contribution in [1.82, 2.24) is 4.98 Å². The Morgan fingerprint density at radius 1 is 0.857 bits per heavy atom. The van der Waals surface area contributed by atoms with Gasteiger partial charge in [-0.3, -0.25) is 9.78 Å². The monoisotopic (exact) mass is 362 g/mol. The zero-order valence-corrected chi connectivity index (χ0v) is 15.2. The molecule has 3 aromatic carbocycles. The first-order valence-electron chi connectivity index (χ1n) is 9.31. The van der Waals surface area contributed by atoms with Gasteiger partial charge < -0.3 is 4.90 Å². The van der Waals surface area contributed by atoms with Crippen molar-refractivity contribution in [3.8, 4) is 0 Å². The van der Waals surface area contributed by atoms with Gasteiger partial charge in [-0.1, -0.05) is 66.7 Å². The molecule has 0 N–H and O–H groups in total. The molecule has 0 bridgehead atoms. The van der Waals surface area contributed by atoms with Crippen LogP contribution in [0.3, 0.4) is 0 Å². The number of nitrogens with zero attached hydrogens (tertiary/aromatic N) is 2. The van der Waals surface area contributed by atoms with E-state index in [4.69, 9.17) is 0 Å². The Kier molecular flexibility index (Phi) is 3.99. The number of anilines is 1. The van der Waals surface area contributed by atoms with E-state index in [0.717, 1.165) is 33.3 Å². The molecule has 0 aliphatic carbocycles. The number of fused-ring (bicyclic) bond motifs is 2. The molecule has 0 saturated carbocycles. The van der Waals surface area contributed by atoms with Crippen molar-refractivity contribution in [3.05, 3.63) is 108 Å². The topological polar surface area (TPSA) is 33.2 Å². The second-order valence-corrected chi connectivity index (χ2v) is 6.91. The van der Waals surface area contributed by atoms with E-state index in [2.05, 4.69) is 11.1 Å². The van der Waals surface area contributed by atoms with Crippen molar-refractivity contribution in [1.29, 1.82) is 0 Å². The highest BCUT2D eigenvalue weighted by Crippen LogP contribution is 2.38. The van der Waals surface area contributed by atoms with Crippen LogP contribution in [0, 0.1) is 0 Å². The molecule has 3 nitrogen and oxygen atoms in total. The van der Waals surface area contributed by atoms with Crippen molar-refractivity contribution < 1.29 is 4.79 Å². The normalized spacial score (nSPS) is 14.6. The van der Waals surface area contributed by atoms with Crippen LogP contribution in [0.1, 0.15) is 16.7 Å². The molecule has 28 heavy (non-hydrogen) atoms. The highest BCUT2D eigenvalue weighted by atomic mass is 16.2. The molecule has 0 spiro atoms. The fourth-order valence-electron chi connectivity index (χ4n) is 3.70. The second-order valence-electron chi connectivity index (χ2n) is 6.91. The van der Waals surface area contributed by atoms with Crippen molar-refractivity contribution in [2.24, 2.45) is 0 Å². The SMILES string of the molecule is O=C1/C(=C\c2cnc3ccccc3c2)c2ccccc2N1Cc1ccccc1. The van der Waals surface area contributed by atoms with Crippen LogP contribution in [0.25, 0.3) is 22.6 Å². The zero-order valence-electron chi connectivity index (χ0n) is 15.2. The summed E-state index contributed by atoms with van der Waals surface area (Å²) in [6.45, 7) is 0.560. The van der Waals surface area contributed by atoms with E-state index >= 15 is 0 Å². The first kappa shape index (κ1) is 16.5. The van der Waals surface area contributed by atoms with Gasteiger partial charge in [-0.05, 0) is 35.4 Å². The lowest BCUT2D eigenvalue weighted by Gasteiger charge is -2.17. The fraction of sp³-hybridized carbons (Fsp3) is 0.0400. The quantitative estimate of drug-likeness (QED) is 0.462. The number of amides is 1. The summed E-state index contributed by atoms with van der Waals surface area (Å²) in [5, 5.41) is 1.07. The molecule has 1 amide bonds. The van der Waals surface area contributed by atoms with Gasteiger partial charge in [0.15, 0.2) is 0 Å². The number of para-hydroxylation sites is 2. The molecule has 1 aliphatic rings. The molecule has 134 valence electrons. The highest BCUT2D eigenvalue weighted by Gasteiger charge is 2.31. The summed E-state index contributed by atoms with van der Waals surface area (Å²) >= 11 is 0. The molecule has 5 rings (SSSR count). The van der Waals surface area contributed by atoms with Gasteiger partial charge in [-0.2, -0.15) is 0 Å². The standard InChI is InChI=1S/C25H18N2O/c28-25-22(15-19-14-20-10-4-6-12-23(20)26-16-19)21-11-5-7-13-24(21)27(25)17-18-8-2-1-3-9-18/h1-16H,17H2/b22-15-. The fourth-order valence-corrected chi connectivity index (χ4v) is 3.70. The smallest absolute Gasteiger partial charge is 0.259 e. The van der Waals surface area contributed by atoms with Crippen LogP contribution in [0.2, 0.25) is 0 Å². The Morgan fingerprint density at radius 2 is 1.61 bits per heavy atom. The van der Waals surface area contributed by atoms with Gasteiger partial charge in [-0.25, -0.2) is 0 Å². The maximum atomic E-state index is 13.3. The summed E-state index contributed by atoms with van der Waals surface area (Å²) in [6, 6.07) is 28.1. The summed E-state index contributed by atoms with van der Waals surface area (Å²) in [5.74, 6) is 0.0261. The minimum atomic E-state index is 0.0261. The van der Waals surface area contributed by atoms with Gasteiger partial charge in [0.25, 0.3) is 5.91 Å². The van der Waals surface area contributed by atoms with Crippen molar-refractivity contribution in [3.63, 3.8) is 0 Å². The van der Waals surface area contributed by atoms with Crippen LogP contribution in [-0.2, 0) is 11.3 Å². The molecule has 1 aliphatic heterocycles. The number of aromatic nitrogens is 1. The number of hydrogen-bond acceptors (Lipinski definition) is 2. The minimum absolute atomic E-state index is 0.0261. The molecule has 1 aromatic heterocycles. The number of carbonyl (C=O) groups is 1. The third-order valence-electron chi connectivity index (χ3n) is 5.07. The van der Waals surface area contributed by atoms with Crippen LogP contribution >= 0.6 is 0 Å². The third-order valence-corrected chi connectivity index (χ3v) is 5.07. The lowest BCUT2D eigenvalue weighted by molar-refractivity contribution is -0.113. The van der Waals surface area contributed by atoms with Gasteiger partial charge >= 0.3 is 0 Å². The largest absolute Gasteiger partial charge is 0.303 e. The molecule has 2 heterocycles. The Labute approximate surface area is 163 Å². The van der Waals surface area contributed by atoms with Gasteiger partial charge in [-0.15, -0.1) is 0 Å². The van der Waals surface area contributed by atoms with E-state index in [0.29, 0.717) is 12.1 Å². The Hall–Kier alpha value is -3.72.